The minimum Gasteiger partial charge on any atom is -0.497 e. The van der Waals surface area contributed by atoms with Crippen molar-refractivity contribution in [1.82, 2.24) is 9.38 Å². The third-order valence-corrected chi connectivity index (χ3v) is 4.73. The van der Waals surface area contributed by atoms with Crippen molar-refractivity contribution in [3.05, 3.63) is 72.7 Å². The summed E-state index contributed by atoms with van der Waals surface area (Å²) in [5, 5.41) is 2.84. The molecule has 7 heteroatoms. The smallest absolute Gasteiger partial charge is 0.275 e. The van der Waals surface area contributed by atoms with Gasteiger partial charge in [0.05, 0.1) is 21.3 Å². The van der Waals surface area contributed by atoms with Gasteiger partial charge in [-0.2, -0.15) is 0 Å². The maximum absolute atomic E-state index is 12.7. The highest BCUT2D eigenvalue weighted by atomic mass is 16.5. The van der Waals surface area contributed by atoms with Gasteiger partial charge in [0.2, 0.25) is 0 Å². The Labute approximate surface area is 173 Å². The van der Waals surface area contributed by atoms with Gasteiger partial charge in [0, 0.05) is 24.1 Å². The predicted molar refractivity (Wildman–Crippen MR) is 115 cm³/mol. The lowest BCUT2D eigenvalue weighted by Gasteiger charge is -2.09. The van der Waals surface area contributed by atoms with Crippen LogP contribution in [0.2, 0.25) is 0 Å². The third-order valence-electron chi connectivity index (χ3n) is 4.73. The highest BCUT2D eigenvalue weighted by Crippen LogP contribution is 2.30. The van der Waals surface area contributed by atoms with Crippen LogP contribution in [-0.4, -0.2) is 36.6 Å². The molecule has 0 saturated heterocycles. The molecule has 0 spiro atoms. The largest absolute Gasteiger partial charge is 0.497 e. The number of pyridine rings is 1. The van der Waals surface area contributed by atoms with Crippen LogP contribution in [0, 0.1) is 0 Å². The molecule has 152 valence electrons. The van der Waals surface area contributed by atoms with Crippen LogP contribution in [0.5, 0.6) is 17.2 Å². The Morgan fingerprint density at radius 1 is 0.867 bits per heavy atom. The molecule has 2 heterocycles. The number of aromatic nitrogens is 2. The Balaban J connectivity index is 1.59. The number of imidazole rings is 1. The number of carbonyl (C=O) groups is 1. The number of ether oxygens (including phenoxy) is 3. The number of hydrogen-bond acceptors (Lipinski definition) is 5. The molecule has 0 bridgehead atoms. The van der Waals surface area contributed by atoms with Gasteiger partial charge >= 0.3 is 0 Å². The van der Waals surface area contributed by atoms with E-state index in [4.69, 9.17) is 14.2 Å². The predicted octanol–water partition coefficient (Wildman–Crippen LogP) is 4.28. The Morgan fingerprint density at radius 2 is 1.70 bits per heavy atom. The SMILES string of the molecule is COc1cccc(-c2ccc3nc(C(=O)Nc4ccc(OC)c(OC)c4)cn3c2)c1. The van der Waals surface area contributed by atoms with Gasteiger partial charge in [0.25, 0.3) is 5.91 Å². The Hall–Kier alpha value is -4.00. The average Bonchev–Trinajstić information content (AvgIpc) is 3.22. The summed E-state index contributed by atoms with van der Waals surface area (Å²) < 4.78 is 17.6. The summed E-state index contributed by atoms with van der Waals surface area (Å²) in [4.78, 5) is 17.1. The van der Waals surface area contributed by atoms with Gasteiger partial charge in [0.1, 0.15) is 17.1 Å². The van der Waals surface area contributed by atoms with Crippen molar-refractivity contribution in [2.24, 2.45) is 0 Å². The molecule has 4 aromatic rings. The maximum atomic E-state index is 12.7. The number of nitrogens with one attached hydrogen (secondary N) is 1. The normalized spacial score (nSPS) is 10.6. The summed E-state index contributed by atoms with van der Waals surface area (Å²) in [6, 6.07) is 16.8. The standard InChI is InChI=1S/C23H21N3O4/c1-28-18-6-4-5-15(11-18)16-7-10-22-25-19(14-26(22)13-16)23(27)24-17-8-9-20(29-2)21(12-17)30-3/h4-14H,1-3H3,(H,24,27). The van der Waals surface area contributed by atoms with Gasteiger partial charge in [0.15, 0.2) is 11.5 Å². The van der Waals surface area contributed by atoms with Crippen molar-refractivity contribution in [2.45, 2.75) is 0 Å². The van der Waals surface area contributed by atoms with Crippen LogP contribution in [0.15, 0.2) is 67.0 Å². The number of hydrogen-bond donors (Lipinski definition) is 1. The fraction of sp³-hybridized carbons (Fsp3) is 0.130. The molecule has 0 fully saturated rings. The molecule has 2 aromatic carbocycles. The second-order valence-electron chi connectivity index (χ2n) is 6.57. The van der Waals surface area contributed by atoms with Crippen molar-refractivity contribution < 1.29 is 19.0 Å². The topological polar surface area (TPSA) is 74.1 Å². The molecule has 0 aliphatic rings. The quantitative estimate of drug-likeness (QED) is 0.520. The molecule has 4 rings (SSSR count). The Bertz CT molecular complexity index is 1220. The zero-order chi connectivity index (χ0) is 21.1. The summed E-state index contributed by atoms with van der Waals surface area (Å²) in [5.74, 6) is 1.60. The molecule has 1 amide bonds. The van der Waals surface area contributed by atoms with E-state index >= 15 is 0 Å². The third kappa shape index (κ3) is 3.77. The molecule has 0 saturated carbocycles. The molecule has 0 atom stereocenters. The van der Waals surface area contributed by atoms with Crippen LogP contribution in [-0.2, 0) is 0 Å². The second-order valence-corrected chi connectivity index (χ2v) is 6.57. The van der Waals surface area contributed by atoms with E-state index in [0.29, 0.717) is 28.5 Å². The Kier molecular flexibility index (Phi) is 5.26. The van der Waals surface area contributed by atoms with E-state index in [9.17, 15) is 4.79 Å². The summed E-state index contributed by atoms with van der Waals surface area (Å²) in [6.07, 6.45) is 3.64. The number of amides is 1. The number of fused-ring (bicyclic) bond motifs is 1. The van der Waals surface area contributed by atoms with Gasteiger partial charge in [-0.05, 0) is 47.5 Å². The first-order valence-corrected chi connectivity index (χ1v) is 9.28. The number of methoxy groups -OCH3 is 3. The first-order valence-electron chi connectivity index (χ1n) is 9.28. The molecular weight excluding hydrogens is 382 g/mol. The number of nitrogens with zero attached hydrogens (tertiary/aromatic N) is 2. The minimum absolute atomic E-state index is 0.311. The molecule has 0 unspecified atom stereocenters. The van der Waals surface area contributed by atoms with Crippen LogP contribution < -0.4 is 19.5 Å². The second kappa shape index (κ2) is 8.16. The average molecular weight is 403 g/mol. The van der Waals surface area contributed by atoms with Crippen LogP contribution in [0.4, 0.5) is 5.69 Å². The van der Waals surface area contributed by atoms with Crippen molar-refractivity contribution in [3.8, 4) is 28.4 Å². The summed E-state index contributed by atoms with van der Waals surface area (Å²) in [5.41, 5.74) is 3.59. The Morgan fingerprint density at radius 3 is 2.47 bits per heavy atom. The molecule has 0 aliphatic carbocycles. The molecular formula is C23H21N3O4. The van der Waals surface area contributed by atoms with Gasteiger partial charge < -0.3 is 23.9 Å². The van der Waals surface area contributed by atoms with Gasteiger partial charge in [-0.15, -0.1) is 0 Å². The first kappa shape index (κ1) is 19.3. The van der Waals surface area contributed by atoms with Crippen LogP contribution in [0.25, 0.3) is 16.8 Å². The number of benzene rings is 2. The van der Waals surface area contributed by atoms with E-state index < -0.39 is 0 Å². The first-order chi connectivity index (χ1) is 14.6. The van der Waals surface area contributed by atoms with Crippen LogP contribution in [0.3, 0.4) is 0 Å². The lowest BCUT2D eigenvalue weighted by atomic mass is 10.1. The van der Waals surface area contributed by atoms with Gasteiger partial charge in [-0.1, -0.05) is 12.1 Å². The molecule has 7 nitrogen and oxygen atoms in total. The monoisotopic (exact) mass is 403 g/mol. The minimum atomic E-state index is -0.311. The van der Waals surface area contributed by atoms with E-state index in [-0.39, 0.29) is 5.91 Å². The van der Waals surface area contributed by atoms with Crippen molar-refractivity contribution in [1.29, 1.82) is 0 Å². The fourth-order valence-corrected chi connectivity index (χ4v) is 3.18. The fourth-order valence-electron chi connectivity index (χ4n) is 3.18. The van der Waals surface area contributed by atoms with Crippen molar-refractivity contribution in [3.63, 3.8) is 0 Å². The summed E-state index contributed by atoms with van der Waals surface area (Å²) in [6.45, 7) is 0. The summed E-state index contributed by atoms with van der Waals surface area (Å²) in [7, 11) is 4.75. The molecule has 0 aliphatic heterocycles. The van der Waals surface area contributed by atoms with Crippen molar-refractivity contribution >= 4 is 17.2 Å². The van der Waals surface area contributed by atoms with E-state index in [1.807, 2.05) is 47.0 Å². The highest BCUT2D eigenvalue weighted by molar-refractivity contribution is 6.03. The zero-order valence-electron chi connectivity index (χ0n) is 16.9. The molecule has 0 radical (unpaired) electrons. The highest BCUT2D eigenvalue weighted by Gasteiger charge is 2.13. The van der Waals surface area contributed by atoms with Crippen LogP contribution >= 0.6 is 0 Å². The summed E-state index contributed by atoms with van der Waals surface area (Å²) >= 11 is 0. The molecule has 2 aromatic heterocycles. The van der Waals surface area contributed by atoms with Gasteiger partial charge in [-0.25, -0.2) is 4.98 Å². The zero-order valence-corrected chi connectivity index (χ0v) is 16.9. The van der Waals surface area contributed by atoms with Gasteiger partial charge in [-0.3, -0.25) is 4.79 Å². The number of carbonyl (C=O) groups excluding carboxylic acids is 1. The lowest BCUT2D eigenvalue weighted by Crippen LogP contribution is -2.12. The van der Waals surface area contributed by atoms with E-state index in [2.05, 4.69) is 10.3 Å². The van der Waals surface area contributed by atoms with E-state index in [1.54, 1.807) is 45.7 Å². The van der Waals surface area contributed by atoms with E-state index in [1.165, 1.54) is 0 Å². The molecule has 30 heavy (non-hydrogen) atoms. The maximum Gasteiger partial charge on any atom is 0.275 e. The van der Waals surface area contributed by atoms with E-state index in [0.717, 1.165) is 16.9 Å². The number of anilines is 1. The lowest BCUT2D eigenvalue weighted by molar-refractivity contribution is 0.102. The van der Waals surface area contributed by atoms with Crippen LogP contribution in [0.1, 0.15) is 10.5 Å². The van der Waals surface area contributed by atoms with Crippen molar-refractivity contribution in [2.75, 3.05) is 26.6 Å². The number of rotatable bonds is 6. The molecule has 1 N–H and O–H groups in total.